The largest absolute Gasteiger partial charge is 0.397 e. The average molecular weight is 503 g/mol. The zero-order valence-electron chi connectivity index (χ0n) is 23.2. The molecule has 3 aromatic rings. The fourth-order valence-electron chi connectivity index (χ4n) is 3.31. The summed E-state index contributed by atoms with van der Waals surface area (Å²) in [6.07, 6.45) is 8.52. The van der Waals surface area contributed by atoms with E-state index >= 15 is 0 Å². The van der Waals surface area contributed by atoms with Crippen LogP contribution in [0.4, 0.5) is 5.69 Å². The monoisotopic (exact) mass is 502 g/mol. The highest BCUT2D eigenvalue weighted by Gasteiger charge is 2.10. The van der Waals surface area contributed by atoms with Crippen molar-refractivity contribution in [1.29, 1.82) is 5.41 Å². The average Bonchev–Trinajstić information content (AvgIpc) is 2.94. The van der Waals surface area contributed by atoms with Crippen LogP contribution in [0.1, 0.15) is 76.5 Å². The number of aliphatic hydroxyl groups excluding tert-OH is 1. The van der Waals surface area contributed by atoms with Crippen LogP contribution in [0.15, 0.2) is 72.6 Å². The van der Waals surface area contributed by atoms with Gasteiger partial charge in [0.1, 0.15) is 5.49 Å². The van der Waals surface area contributed by atoms with E-state index in [1.807, 2.05) is 74.0 Å². The van der Waals surface area contributed by atoms with Gasteiger partial charge in [0, 0.05) is 30.3 Å². The summed E-state index contributed by atoms with van der Waals surface area (Å²) in [7, 11) is 0. The van der Waals surface area contributed by atoms with Crippen LogP contribution in [-0.2, 0) is 0 Å². The lowest BCUT2D eigenvalue weighted by Gasteiger charge is -2.17. The van der Waals surface area contributed by atoms with Crippen molar-refractivity contribution in [2.24, 2.45) is 5.92 Å². The third-order valence-corrected chi connectivity index (χ3v) is 5.80. The quantitative estimate of drug-likeness (QED) is 0.322. The molecule has 1 unspecified atom stereocenters. The molecule has 3 N–H and O–H groups in total. The number of aromatic nitrogens is 2. The van der Waals surface area contributed by atoms with Crippen molar-refractivity contribution < 1.29 is 9.90 Å². The number of hydrogen-bond donors (Lipinski definition) is 3. The number of carbonyl (C=O) groups excluding carboxylic acids is 1. The molecule has 37 heavy (non-hydrogen) atoms. The van der Waals surface area contributed by atoms with Gasteiger partial charge in [-0.3, -0.25) is 15.2 Å². The van der Waals surface area contributed by atoms with Gasteiger partial charge in [-0.15, -0.1) is 0 Å². The maximum Gasteiger partial charge on any atom is 0.255 e. The van der Waals surface area contributed by atoms with Crippen LogP contribution in [0, 0.1) is 11.3 Å². The number of nitrogens with one attached hydrogen (secondary N) is 2. The molecule has 0 radical (unpaired) electrons. The number of anilines is 1. The molecular weight excluding hydrogens is 460 g/mol. The minimum absolute atomic E-state index is 0.185. The van der Waals surface area contributed by atoms with Gasteiger partial charge in [-0.1, -0.05) is 57.5 Å². The first kappa shape index (κ1) is 31.3. The first-order chi connectivity index (χ1) is 17.8. The van der Waals surface area contributed by atoms with Crippen LogP contribution in [0.5, 0.6) is 0 Å². The van der Waals surface area contributed by atoms with Gasteiger partial charge >= 0.3 is 0 Å². The molecule has 0 spiro atoms. The van der Waals surface area contributed by atoms with E-state index in [9.17, 15) is 4.79 Å². The normalized spacial score (nSPS) is 11.9. The molecule has 1 aromatic carbocycles. The van der Waals surface area contributed by atoms with Crippen molar-refractivity contribution in [2.45, 2.75) is 54.9 Å². The lowest BCUT2D eigenvalue weighted by atomic mass is 9.98. The molecular formula is C31H42N4O2. The Labute approximate surface area is 221 Å². The Hall–Kier alpha value is -3.77. The zero-order chi connectivity index (χ0) is 27.8. The minimum Gasteiger partial charge on any atom is -0.397 e. The maximum absolute atomic E-state index is 12.8. The topological polar surface area (TPSA) is 91.0 Å². The second-order valence-corrected chi connectivity index (χ2v) is 8.23. The molecule has 1 atom stereocenters. The molecule has 0 aliphatic heterocycles. The predicted molar refractivity (Wildman–Crippen MR) is 156 cm³/mol. The van der Waals surface area contributed by atoms with E-state index in [4.69, 9.17) is 10.5 Å². The standard InChI is InChI=1S/C27H30N4O.C2H6O.C2H6/c1-5-19(2)20(3)21(4)31-18-25(15-16-26(31)28)30-27(32)23-12-9-22(10-13-23)11-14-24-8-6-7-17-29-24;1-2-3;1-2/h6-19,28H,5H2,1-4H3,(H,30,32);3H,2H2,1H3;1-2H3/b14-11+,21-20+,28-26?;;. The summed E-state index contributed by atoms with van der Waals surface area (Å²) < 4.78 is 1.82. The number of allylic oxidation sites excluding steroid dienone is 2. The van der Waals surface area contributed by atoms with Gasteiger partial charge in [0.25, 0.3) is 5.91 Å². The first-order valence-electron chi connectivity index (χ1n) is 12.9. The van der Waals surface area contributed by atoms with E-state index in [1.165, 1.54) is 5.57 Å². The van der Waals surface area contributed by atoms with Gasteiger partial charge in [0.05, 0.1) is 11.4 Å². The lowest BCUT2D eigenvalue weighted by Crippen LogP contribution is -2.20. The number of carbonyl (C=O) groups is 1. The Morgan fingerprint density at radius 1 is 1.05 bits per heavy atom. The van der Waals surface area contributed by atoms with Crippen LogP contribution in [0.3, 0.4) is 0 Å². The van der Waals surface area contributed by atoms with Crippen molar-refractivity contribution >= 4 is 29.4 Å². The Balaban J connectivity index is 0.00000127. The van der Waals surface area contributed by atoms with Gasteiger partial charge in [0.15, 0.2) is 0 Å². The van der Waals surface area contributed by atoms with Crippen LogP contribution in [-0.4, -0.2) is 27.2 Å². The highest BCUT2D eigenvalue weighted by molar-refractivity contribution is 6.04. The molecule has 0 saturated carbocycles. The van der Waals surface area contributed by atoms with Crippen molar-refractivity contribution in [3.8, 4) is 0 Å². The molecule has 0 aliphatic rings. The lowest BCUT2D eigenvalue weighted by molar-refractivity contribution is 0.102. The Morgan fingerprint density at radius 3 is 2.27 bits per heavy atom. The molecule has 0 bridgehead atoms. The smallest absolute Gasteiger partial charge is 0.255 e. The SMILES string of the molecule is CC.CCC(C)/C(C)=C(\C)n1cc(NC(=O)c2ccc(/C=C/c3ccccn3)cc2)ccc1=N.CCO. The summed E-state index contributed by atoms with van der Waals surface area (Å²) in [6.45, 7) is 14.4. The second kappa shape index (κ2) is 16.8. The molecule has 0 aliphatic carbocycles. The number of pyridine rings is 2. The van der Waals surface area contributed by atoms with Crippen molar-refractivity contribution in [3.05, 3.63) is 94.9 Å². The molecule has 1 amide bonds. The van der Waals surface area contributed by atoms with Gasteiger partial charge in [-0.25, -0.2) is 0 Å². The van der Waals surface area contributed by atoms with E-state index in [-0.39, 0.29) is 12.5 Å². The second-order valence-electron chi connectivity index (χ2n) is 8.23. The molecule has 0 fully saturated rings. The highest BCUT2D eigenvalue weighted by Crippen LogP contribution is 2.21. The van der Waals surface area contributed by atoms with Crippen molar-refractivity contribution in [3.63, 3.8) is 0 Å². The minimum atomic E-state index is -0.185. The number of amides is 1. The van der Waals surface area contributed by atoms with E-state index in [1.54, 1.807) is 37.4 Å². The highest BCUT2D eigenvalue weighted by atomic mass is 16.2. The third-order valence-electron chi connectivity index (χ3n) is 5.80. The Bertz CT molecular complexity index is 1210. The van der Waals surface area contributed by atoms with Gasteiger partial charge in [-0.2, -0.15) is 0 Å². The Morgan fingerprint density at radius 2 is 1.70 bits per heavy atom. The molecule has 0 saturated heterocycles. The fraction of sp³-hybridized carbons (Fsp3) is 0.323. The molecule has 2 heterocycles. The number of benzene rings is 1. The van der Waals surface area contributed by atoms with E-state index in [2.05, 4.69) is 31.1 Å². The summed E-state index contributed by atoms with van der Waals surface area (Å²) in [5, 5.41) is 18.8. The van der Waals surface area contributed by atoms with E-state index in [0.29, 0.717) is 22.7 Å². The van der Waals surface area contributed by atoms with Crippen molar-refractivity contribution in [1.82, 2.24) is 9.55 Å². The number of nitrogens with zero attached hydrogens (tertiary/aromatic N) is 2. The van der Waals surface area contributed by atoms with Crippen LogP contribution < -0.4 is 10.8 Å². The van der Waals surface area contributed by atoms with E-state index in [0.717, 1.165) is 23.4 Å². The first-order valence-corrected chi connectivity index (χ1v) is 12.9. The van der Waals surface area contributed by atoms with E-state index < -0.39 is 0 Å². The van der Waals surface area contributed by atoms with Crippen LogP contribution >= 0.6 is 0 Å². The molecule has 6 nitrogen and oxygen atoms in total. The Kier molecular flexibility index (Phi) is 14.2. The summed E-state index contributed by atoms with van der Waals surface area (Å²) in [6, 6.07) is 16.6. The van der Waals surface area contributed by atoms with Crippen molar-refractivity contribution in [2.75, 3.05) is 11.9 Å². The molecule has 198 valence electrons. The number of aliphatic hydroxyl groups is 1. The number of rotatable bonds is 7. The summed E-state index contributed by atoms with van der Waals surface area (Å²) in [5.41, 5.74) is 5.74. The van der Waals surface area contributed by atoms with Crippen LogP contribution in [0.25, 0.3) is 17.8 Å². The summed E-state index contributed by atoms with van der Waals surface area (Å²) in [5.74, 6) is 0.250. The molecule has 3 rings (SSSR count). The summed E-state index contributed by atoms with van der Waals surface area (Å²) in [4.78, 5) is 17.0. The van der Waals surface area contributed by atoms with Gasteiger partial charge in [0.2, 0.25) is 0 Å². The van der Waals surface area contributed by atoms with Gasteiger partial charge in [-0.05, 0) is 81.1 Å². The molecule has 6 heteroatoms. The van der Waals surface area contributed by atoms with Gasteiger partial charge < -0.3 is 15.0 Å². The molecule has 2 aromatic heterocycles. The predicted octanol–water partition coefficient (Wildman–Crippen LogP) is 7.11. The maximum atomic E-state index is 12.8. The zero-order valence-corrected chi connectivity index (χ0v) is 23.2. The third kappa shape index (κ3) is 10.0. The fourth-order valence-corrected chi connectivity index (χ4v) is 3.31. The van der Waals surface area contributed by atoms with Crippen LogP contribution in [0.2, 0.25) is 0 Å². The number of hydrogen-bond acceptors (Lipinski definition) is 4. The summed E-state index contributed by atoms with van der Waals surface area (Å²) >= 11 is 0.